The molecule has 1 unspecified atom stereocenters. The van der Waals surface area contributed by atoms with Crippen LogP contribution < -0.4 is 4.90 Å². The Labute approximate surface area is 95.4 Å². The number of halogens is 1. The lowest BCUT2D eigenvalue weighted by atomic mass is 10.1. The zero-order valence-corrected chi connectivity index (χ0v) is 9.83. The summed E-state index contributed by atoms with van der Waals surface area (Å²) in [6.45, 7) is 3.28. The number of oxazole rings is 1. The molecular formula is C11H17ClN2O. The molecular weight excluding hydrogens is 212 g/mol. The van der Waals surface area contributed by atoms with Crippen molar-refractivity contribution >= 4 is 17.6 Å². The lowest BCUT2D eigenvalue weighted by Crippen LogP contribution is -2.32. The lowest BCUT2D eigenvalue weighted by Gasteiger charge is -2.24. The number of hydrogen-bond acceptors (Lipinski definition) is 3. The van der Waals surface area contributed by atoms with Gasteiger partial charge in [-0.2, -0.15) is 4.98 Å². The van der Waals surface area contributed by atoms with Crippen LogP contribution in [0.3, 0.4) is 0 Å². The zero-order chi connectivity index (χ0) is 10.7. The minimum atomic E-state index is 0.422. The van der Waals surface area contributed by atoms with Crippen LogP contribution in [0.1, 0.15) is 38.3 Å². The third kappa shape index (κ3) is 2.46. The Bertz CT molecular complexity index is 313. The maximum atomic E-state index is 5.71. The van der Waals surface area contributed by atoms with Crippen molar-refractivity contribution in [1.82, 2.24) is 4.98 Å². The van der Waals surface area contributed by atoms with Crippen LogP contribution in [0, 0.1) is 0 Å². The van der Waals surface area contributed by atoms with Gasteiger partial charge in [0.2, 0.25) is 0 Å². The van der Waals surface area contributed by atoms with Gasteiger partial charge in [-0.25, -0.2) is 0 Å². The fourth-order valence-corrected chi connectivity index (χ4v) is 2.17. The summed E-state index contributed by atoms with van der Waals surface area (Å²) in [5, 5.41) is 0. The molecule has 4 heteroatoms. The monoisotopic (exact) mass is 228 g/mol. The van der Waals surface area contributed by atoms with Crippen LogP contribution in [0.2, 0.25) is 0 Å². The molecule has 1 aliphatic rings. The third-order valence-corrected chi connectivity index (χ3v) is 3.25. The SMILES string of the molecule is CC1CCCCCN1c1nc(CCl)co1. The van der Waals surface area contributed by atoms with Crippen molar-refractivity contribution in [3.05, 3.63) is 12.0 Å². The summed E-state index contributed by atoms with van der Waals surface area (Å²) in [4.78, 5) is 6.62. The second-order valence-electron chi connectivity index (χ2n) is 4.15. The molecule has 1 aliphatic heterocycles. The largest absolute Gasteiger partial charge is 0.432 e. The Morgan fingerprint density at radius 1 is 1.53 bits per heavy atom. The molecule has 0 bridgehead atoms. The first-order chi connectivity index (χ1) is 7.31. The van der Waals surface area contributed by atoms with Crippen LogP contribution in [0.25, 0.3) is 0 Å². The molecule has 1 fully saturated rings. The van der Waals surface area contributed by atoms with Crippen LogP contribution in [0.4, 0.5) is 6.01 Å². The van der Waals surface area contributed by atoms with Crippen molar-refractivity contribution in [1.29, 1.82) is 0 Å². The summed E-state index contributed by atoms with van der Waals surface area (Å²) in [7, 11) is 0. The van der Waals surface area contributed by atoms with Crippen molar-refractivity contribution in [2.75, 3.05) is 11.4 Å². The highest BCUT2D eigenvalue weighted by Gasteiger charge is 2.20. The normalized spacial score (nSPS) is 22.8. The highest BCUT2D eigenvalue weighted by atomic mass is 35.5. The predicted octanol–water partition coefficient (Wildman–Crippen LogP) is 3.18. The number of hydrogen-bond donors (Lipinski definition) is 0. The van der Waals surface area contributed by atoms with E-state index in [2.05, 4.69) is 16.8 Å². The maximum absolute atomic E-state index is 5.71. The quantitative estimate of drug-likeness (QED) is 0.729. The molecule has 84 valence electrons. The van der Waals surface area contributed by atoms with Gasteiger partial charge in [0.1, 0.15) is 6.26 Å². The van der Waals surface area contributed by atoms with E-state index in [1.54, 1.807) is 6.26 Å². The predicted molar refractivity (Wildman–Crippen MR) is 61.3 cm³/mol. The summed E-state index contributed by atoms with van der Waals surface area (Å²) >= 11 is 5.71. The van der Waals surface area contributed by atoms with Crippen molar-refractivity contribution in [3.8, 4) is 0 Å². The highest BCUT2D eigenvalue weighted by molar-refractivity contribution is 6.16. The van der Waals surface area contributed by atoms with Crippen LogP contribution >= 0.6 is 11.6 Å². The van der Waals surface area contributed by atoms with Gasteiger partial charge in [0, 0.05) is 12.6 Å². The van der Waals surface area contributed by atoms with Gasteiger partial charge in [-0.3, -0.25) is 0 Å². The van der Waals surface area contributed by atoms with E-state index in [0.29, 0.717) is 11.9 Å². The molecule has 1 aromatic heterocycles. The molecule has 0 amide bonds. The second kappa shape index (κ2) is 4.88. The summed E-state index contributed by atoms with van der Waals surface area (Å²) in [6, 6.07) is 1.26. The smallest absolute Gasteiger partial charge is 0.297 e. The standard InChI is InChI=1S/C11H17ClN2O/c1-9-5-3-2-4-6-14(9)11-13-10(7-12)8-15-11/h8-9H,2-7H2,1H3. The lowest BCUT2D eigenvalue weighted by molar-refractivity contribution is 0.501. The van der Waals surface area contributed by atoms with Gasteiger partial charge >= 0.3 is 0 Å². The van der Waals surface area contributed by atoms with Gasteiger partial charge in [0.25, 0.3) is 6.01 Å². The second-order valence-corrected chi connectivity index (χ2v) is 4.41. The van der Waals surface area contributed by atoms with E-state index in [4.69, 9.17) is 16.0 Å². The molecule has 2 heterocycles. The fourth-order valence-electron chi connectivity index (χ4n) is 2.05. The van der Waals surface area contributed by atoms with E-state index in [0.717, 1.165) is 18.3 Å². The fraction of sp³-hybridized carbons (Fsp3) is 0.727. The van der Waals surface area contributed by atoms with Gasteiger partial charge < -0.3 is 9.32 Å². The first-order valence-corrected chi connectivity index (χ1v) is 6.11. The molecule has 2 rings (SSSR count). The molecule has 1 aromatic rings. The van der Waals surface area contributed by atoms with Gasteiger partial charge in [-0.05, 0) is 19.8 Å². The first kappa shape index (κ1) is 10.8. The molecule has 15 heavy (non-hydrogen) atoms. The van der Waals surface area contributed by atoms with Gasteiger partial charge in [-0.1, -0.05) is 12.8 Å². The average molecular weight is 229 g/mol. The van der Waals surface area contributed by atoms with Gasteiger partial charge in [0.05, 0.1) is 11.6 Å². The Morgan fingerprint density at radius 2 is 2.40 bits per heavy atom. The number of rotatable bonds is 2. The van der Waals surface area contributed by atoms with E-state index in [-0.39, 0.29) is 0 Å². The molecule has 3 nitrogen and oxygen atoms in total. The van der Waals surface area contributed by atoms with E-state index >= 15 is 0 Å². The molecule has 0 saturated carbocycles. The van der Waals surface area contributed by atoms with E-state index in [1.807, 2.05) is 0 Å². The van der Waals surface area contributed by atoms with E-state index < -0.39 is 0 Å². The van der Waals surface area contributed by atoms with Gasteiger partial charge in [-0.15, -0.1) is 11.6 Å². The summed E-state index contributed by atoms with van der Waals surface area (Å²) < 4.78 is 5.45. The Morgan fingerprint density at radius 3 is 3.13 bits per heavy atom. The summed E-state index contributed by atoms with van der Waals surface area (Å²) in [5.74, 6) is 0.422. The van der Waals surface area contributed by atoms with Crippen LogP contribution in [0.5, 0.6) is 0 Å². The molecule has 0 N–H and O–H groups in total. The van der Waals surface area contributed by atoms with Crippen molar-refractivity contribution < 1.29 is 4.42 Å². The topological polar surface area (TPSA) is 29.3 Å². The van der Waals surface area contributed by atoms with E-state index in [9.17, 15) is 0 Å². The Kier molecular flexibility index (Phi) is 3.52. The van der Waals surface area contributed by atoms with E-state index in [1.165, 1.54) is 25.7 Å². The Hall–Kier alpha value is -0.700. The Balaban J connectivity index is 2.12. The highest BCUT2D eigenvalue weighted by Crippen LogP contribution is 2.23. The molecule has 0 aromatic carbocycles. The average Bonchev–Trinajstić information content (AvgIpc) is 2.62. The number of anilines is 1. The zero-order valence-electron chi connectivity index (χ0n) is 9.08. The van der Waals surface area contributed by atoms with Crippen LogP contribution in [-0.4, -0.2) is 17.6 Å². The molecule has 0 aliphatic carbocycles. The number of alkyl halides is 1. The van der Waals surface area contributed by atoms with Crippen LogP contribution in [-0.2, 0) is 5.88 Å². The summed E-state index contributed by atoms with van der Waals surface area (Å²) in [5.41, 5.74) is 0.822. The summed E-state index contributed by atoms with van der Waals surface area (Å²) in [6.07, 6.45) is 6.71. The number of aromatic nitrogens is 1. The first-order valence-electron chi connectivity index (χ1n) is 5.58. The molecule has 1 atom stereocenters. The third-order valence-electron chi connectivity index (χ3n) is 2.98. The number of nitrogens with zero attached hydrogens (tertiary/aromatic N) is 2. The van der Waals surface area contributed by atoms with Crippen LogP contribution in [0.15, 0.2) is 10.7 Å². The molecule has 0 spiro atoms. The van der Waals surface area contributed by atoms with Crippen molar-refractivity contribution in [2.24, 2.45) is 0 Å². The molecule has 0 radical (unpaired) electrons. The maximum Gasteiger partial charge on any atom is 0.297 e. The minimum Gasteiger partial charge on any atom is -0.432 e. The van der Waals surface area contributed by atoms with Gasteiger partial charge in [0.15, 0.2) is 0 Å². The molecule has 1 saturated heterocycles. The van der Waals surface area contributed by atoms with Crippen molar-refractivity contribution in [2.45, 2.75) is 44.5 Å². The minimum absolute atomic E-state index is 0.422. The van der Waals surface area contributed by atoms with Crippen molar-refractivity contribution in [3.63, 3.8) is 0 Å².